The van der Waals surface area contributed by atoms with Gasteiger partial charge in [-0.1, -0.05) is 36.4 Å². The average Bonchev–Trinajstić information content (AvgIpc) is 3.05. The van der Waals surface area contributed by atoms with E-state index in [-0.39, 0.29) is 62.1 Å². The molecule has 2 aliphatic heterocycles. The fourth-order valence-electron chi connectivity index (χ4n) is 5.06. The smallest absolute Gasteiger partial charge is 0.355 e. The summed E-state index contributed by atoms with van der Waals surface area (Å²) < 4.78 is 20.2. The molecule has 0 amide bonds. The van der Waals surface area contributed by atoms with Gasteiger partial charge < -0.3 is 38.5 Å². The number of hydrogen-bond donors (Lipinski definition) is 0. The topological polar surface area (TPSA) is 118 Å². The highest BCUT2D eigenvalue weighted by Gasteiger charge is 2.37. The standard InChI is InChI=1S/C30H34N4O8/c1-39-27(35)23-17-33(21-11-7-5-8-12-21)19-31(25(23)29(37)41-3)15-16-32-20-34(22-13-9-6-10-14-22)18-24(28(36)40-2)26(32)30(38)42-4/h5-14H,15-20H2,1-4H3. The van der Waals surface area contributed by atoms with E-state index in [0.29, 0.717) is 0 Å². The van der Waals surface area contributed by atoms with Gasteiger partial charge in [-0.05, 0) is 24.3 Å². The minimum absolute atomic E-state index is 0.0743. The molecule has 0 aromatic heterocycles. The lowest BCUT2D eigenvalue weighted by Gasteiger charge is -2.42. The van der Waals surface area contributed by atoms with Gasteiger partial charge in [-0.3, -0.25) is 0 Å². The maximum Gasteiger partial charge on any atom is 0.355 e. The van der Waals surface area contributed by atoms with Gasteiger partial charge in [0.25, 0.3) is 0 Å². The number of esters is 4. The number of methoxy groups -OCH3 is 4. The monoisotopic (exact) mass is 578 g/mol. The Morgan fingerprint density at radius 3 is 1.19 bits per heavy atom. The number of benzene rings is 2. The highest BCUT2D eigenvalue weighted by atomic mass is 16.5. The van der Waals surface area contributed by atoms with Crippen LogP contribution in [-0.2, 0) is 38.1 Å². The Bertz CT molecular complexity index is 1270. The van der Waals surface area contributed by atoms with Gasteiger partial charge in [0.1, 0.15) is 11.4 Å². The van der Waals surface area contributed by atoms with Crippen molar-refractivity contribution in [1.82, 2.24) is 9.80 Å². The van der Waals surface area contributed by atoms with E-state index in [0.717, 1.165) is 11.4 Å². The molecule has 2 aromatic carbocycles. The molecule has 12 nitrogen and oxygen atoms in total. The van der Waals surface area contributed by atoms with Gasteiger partial charge >= 0.3 is 23.9 Å². The third-order valence-electron chi connectivity index (χ3n) is 7.09. The number of anilines is 2. The summed E-state index contributed by atoms with van der Waals surface area (Å²) in [5.74, 6) is -2.69. The van der Waals surface area contributed by atoms with Crippen LogP contribution in [0.4, 0.5) is 11.4 Å². The number of para-hydroxylation sites is 2. The molecular formula is C30H34N4O8. The molecule has 0 atom stereocenters. The molecule has 2 heterocycles. The van der Waals surface area contributed by atoms with Crippen LogP contribution in [0, 0.1) is 0 Å². The molecule has 222 valence electrons. The molecule has 0 radical (unpaired) electrons. The van der Waals surface area contributed by atoms with Crippen molar-refractivity contribution in [3.8, 4) is 0 Å². The average molecular weight is 579 g/mol. The fraction of sp³-hybridized carbons (Fsp3) is 0.333. The number of rotatable bonds is 9. The first-order chi connectivity index (χ1) is 20.3. The number of carbonyl (C=O) groups excluding carboxylic acids is 4. The van der Waals surface area contributed by atoms with E-state index in [1.165, 1.54) is 28.4 Å². The quantitative estimate of drug-likeness (QED) is 0.319. The summed E-state index contributed by atoms with van der Waals surface area (Å²) in [6.45, 7) is 1.09. The van der Waals surface area contributed by atoms with Crippen LogP contribution in [0.25, 0.3) is 0 Å². The SMILES string of the molecule is COC(=O)C1=C(C(=O)OC)N(CCN2CN(c3ccccc3)CC(C(=O)OC)=C2C(=O)OC)CN(c2ccccc2)C1. The van der Waals surface area contributed by atoms with E-state index >= 15 is 0 Å². The maximum absolute atomic E-state index is 13.0. The predicted octanol–water partition coefficient (Wildman–Crippen LogP) is 1.75. The van der Waals surface area contributed by atoms with Crippen molar-refractivity contribution in [2.75, 3.05) is 77.8 Å². The third-order valence-corrected chi connectivity index (χ3v) is 7.09. The van der Waals surface area contributed by atoms with Crippen LogP contribution in [0.15, 0.2) is 83.2 Å². The molecule has 42 heavy (non-hydrogen) atoms. The van der Waals surface area contributed by atoms with E-state index < -0.39 is 23.9 Å². The molecule has 2 aliphatic rings. The van der Waals surface area contributed by atoms with Crippen molar-refractivity contribution in [3.63, 3.8) is 0 Å². The predicted molar refractivity (Wildman–Crippen MR) is 153 cm³/mol. The second-order valence-corrected chi connectivity index (χ2v) is 9.50. The Morgan fingerprint density at radius 1 is 0.548 bits per heavy atom. The largest absolute Gasteiger partial charge is 0.466 e. The normalized spacial score (nSPS) is 15.4. The van der Waals surface area contributed by atoms with Crippen molar-refractivity contribution < 1.29 is 38.1 Å². The van der Waals surface area contributed by atoms with Crippen LogP contribution in [0.5, 0.6) is 0 Å². The van der Waals surface area contributed by atoms with Crippen LogP contribution >= 0.6 is 0 Å². The van der Waals surface area contributed by atoms with Crippen molar-refractivity contribution in [3.05, 3.63) is 83.2 Å². The molecule has 0 bridgehead atoms. The zero-order valence-electron chi connectivity index (χ0n) is 24.1. The van der Waals surface area contributed by atoms with Crippen molar-refractivity contribution in [2.45, 2.75) is 0 Å². The van der Waals surface area contributed by atoms with Gasteiger partial charge in [-0.25, -0.2) is 19.2 Å². The molecule has 0 aliphatic carbocycles. The van der Waals surface area contributed by atoms with Gasteiger partial charge in [0.2, 0.25) is 0 Å². The van der Waals surface area contributed by atoms with Gasteiger partial charge in [0.05, 0.1) is 66.0 Å². The summed E-state index contributed by atoms with van der Waals surface area (Å²) in [5, 5.41) is 0. The molecule has 2 aromatic rings. The van der Waals surface area contributed by atoms with Crippen molar-refractivity contribution in [1.29, 1.82) is 0 Å². The molecule has 0 spiro atoms. The van der Waals surface area contributed by atoms with Crippen LogP contribution in [-0.4, -0.2) is 102 Å². The molecule has 0 saturated carbocycles. The first-order valence-electron chi connectivity index (χ1n) is 13.2. The van der Waals surface area contributed by atoms with Crippen molar-refractivity contribution >= 4 is 35.3 Å². The highest BCUT2D eigenvalue weighted by molar-refractivity contribution is 6.02. The van der Waals surface area contributed by atoms with Crippen LogP contribution in [0.2, 0.25) is 0 Å². The van der Waals surface area contributed by atoms with E-state index in [1.54, 1.807) is 9.80 Å². The van der Waals surface area contributed by atoms with E-state index in [1.807, 2.05) is 70.5 Å². The second-order valence-electron chi connectivity index (χ2n) is 9.50. The molecule has 0 N–H and O–H groups in total. The molecule has 4 rings (SSSR count). The zero-order chi connectivity index (χ0) is 30.2. The lowest BCUT2D eigenvalue weighted by molar-refractivity contribution is -0.141. The Morgan fingerprint density at radius 2 is 0.881 bits per heavy atom. The van der Waals surface area contributed by atoms with E-state index in [9.17, 15) is 19.2 Å². The number of nitrogens with zero attached hydrogens (tertiary/aromatic N) is 4. The number of carbonyl (C=O) groups is 4. The molecule has 0 unspecified atom stereocenters. The van der Waals surface area contributed by atoms with Gasteiger partial charge in [-0.2, -0.15) is 0 Å². The molecule has 12 heteroatoms. The first-order valence-corrected chi connectivity index (χ1v) is 13.2. The third kappa shape index (κ3) is 6.32. The van der Waals surface area contributed by atoms with Gasteiger partial charge in [-0.15, -0.1) is 0 Å². The Labute approximate surface area is 244 Å². The van der Waals surface area contributed by atoms with Crippen LogP contribution < -0.4 is 9.80 Å². The lowest BCUT2D eigenvalue weighted by atomic mass is 10.1. The Balaban J connectivity index is 1.74. The summed E-state index contributed by atoms with van der Waals surface area (Å²) in [4.78, 5) is 59.1. The molecule has 0 fully saturated rings. The summed E-state index contributed by atoms with van der Waals surface area (Å²) in [5.41, 5.74) is 2.11. The van der Waals surface area contributed by atoms with Crippen molar-refractivity contribution in [2.24, 2.45) is 0 Å². The van der Waals surface area contributed by atoms with Gasteiger partial charge in [0, 0.05) is 24.5 Å². The second kappa shape index (κ2) is 13.6. The highest BCUT2D eigenvalue weighted by Crippen LogP contribution is 2.29. The Hall–Kier alpha value is -5.00. The van der Waals surface area contributed by atoms with Crippen LogP contribution in [0.3, 0.4) is 0 Å². The first kappa shape index (κ1) is 30.0. The summed E-state index contributed by atoms with van der Waals surface area (Å²) in [6, 6.07) is 18.9. The Kier molecular flexibility index (Phi) is 9.69. The zero-order valence-corrected chi connectivity index (χ0v) is 24.1. The molecule has 0 saturated heterocycles. The van der Waals surface area contributed by atoms with Gasteiger partial charge in [0.15, 0.2) is 0 Å². The van der Waals surface area contributed by atoms with Crippen LogP contribution in [0.1, 0.15) is 0 Å². The summed E-state index contributed by atoms with van der Waals surface area (Å²) in [7, 11) is 5.00. The minimum Gasteiger partial charge on any atom is -0.466 e. The van der Waals surface area contributed by atoms with E-state index in [2.05, 4.69) is 0 Å². The summed E-state index contributed by atoms with van der Waals surface area (Å²) in [6.07, 6.45) is 0. The lowest BCUT2D eigenvalue weighted by Crippen LogP contribution is -2.52. The summed E-state index contributed by atoms with van der Waals surface area (Å²) >= 11 is 0. The number of ether oxygens (including phenoxy) is 4. The maximum atomic E-state index is 13.0. The number of hydrogen-bond acceptors (Lipinski definition) is 12. The fourth-order valence-corrected chi connectivity index (χ4v) is 5.06. The molecular weight excluding hydrogens is 544 g/mol. The van der Waals surface area contributed by atoms with E-state index in [4.69, 9.17) is 18.9 Å². The minimum atomic E-state index is -0.688.